The van der Waals surface area contributed by atoms with Crippen LogP contribution in [0.25, 0.3) is 11.4 Å². The van der Waals surface area contributed by atoms with Gasteiger partial charge in [-0.2, -0.15) is 5.10 Å². The van der Waals surface area contributed by atoms with Crippen LogP contribution in [-0.2, 0) is 6.42 Å². The van der Waals surface area contributed by atoms with Gasteiger partial charge in [-0.25, -0.2) is 9.67 Å². The summed E-state index contributed by atoms with van der Waals surface area (Å²) < 4.78 is 7.45. The Hall–Kier alpha value is -1.88. The van der Waals surface area contributed by atoms with Gasteiger partial charge in [-0.15, -0.1) is 0 Å². The predicted molar refractivity (Wildman–Crippen MR) is 96.4 cm³/mol. The van der Waals surface area contributed by atoms with Crippen LogP contribution in [0.1, 0.15) is 44.0 Å². The minimum Gasteiger partial charge on any atom is -0.497 e. The minimum atomic E-state index is 0.497. The lowest BCUT2D eigenvalue weighted by molar-refractivity contribution is 0.397. The molecule has 1 fully saturated rings. The summed E-state index contributed by atoms with van der Waals surface area (Å²) in [6, 6.07) is 8.65. The fourth-order valence-electron chi connectivity index (χ4n) is 3.37. The summed E-state index contributed by atoms with van der Waals surface area (Å²) in [6.45, 7) is 1.07. The van der Waals surface area contributed by atoms with Gasteiger partial charge in [0.2, 0.25) is 0 Å². The van der Waals surface area contributed by atoms with Crippen LogP contribution in [0, 0.1) is 0 Å². The Balaban J connectivity index is 1.85. The Labute approximate surface area is 144 Å². The van der Waals surface area contributed by atoms with Crippen molar-refractivity contribution in [1.29, 1.82) is 0 Å². The highest BCUT2D eigenvalue weighted by atomic mass is 16.5. The first-order chi connectivity index (χ1) is 11.7. The first kappa shape index (κ1) is 17.0. The van der Waals surface area contributed by atoms with Crippen LogP contribution in [0.4, 0.5) is 0 Å². The molecule has 0 bridgehead atoms. The molecule has 1 aromatic heterocycles. The SMILES string of the molecule is COc1ccc(-c2nc(CCCN(C)C)nn2C2CCCC2)cc1. The van der Waals surface area contributed by atoms with Gasteiger partial charge in [0.05, 0.1) is 13.2 Å². The summed E-state index contributed by atoms with van der Waals surface area (Å²) in [4.78, 5) is 7.08. The summed E-state index contributed by atoms with van der Waals surface area (Å²) in [5.74, 6) is 2.84. The molecule has 0 radical (unpaired) electrons. The van der Waals surface area contributed by atoms with Crippen molar-refractivity contribution in [3.8, 4) is 17.1 Å². The highest BCUT2D eigenvalue weighted by molar-refractivity contribution is 5.56. The van der Waals surface area contributed by atoms with Crippen molar-refractivity contribution in [3.63, 3.8) is 0 Å². The maximum absolute atomic E-state index is 5.27. The zero-order valence-electron chi connectivity index (χ0n) is 15.0. The Kier molecular flexibility index (Phi) is 5.51. The van der Waals surface area contributed by atoms with Crippen molar-refractivity contribution in [2.75, 3.05) is 27.7 Å². The van der Waals surface area contributed by atoms with Gasteiger partial charge in [0.15, 0.2) is 11.6 Å². The molecule has 1 aliphatic rings. The third-order valence-electron chi connectivity index (χ3n) is 4.70. The summed E-state index contributed by atoms with van der Waals surface area (Å²) >= 11 is 0. The maximum Gasteiger partial charge on any atom is 0.158 e. The van der Waals surface area contributed by atoms with Crippen molar-refractivity contribution in [3.05, 3.63) is 30.1 Å². The quantitative estimate of drug-likeness (QED) is 0.779. The van der Waals surface area contributed by atoms with E-state index < -0.39 is 0 Å². The van der Waals surface area contributed by atoms with E-state index in [1.807, 2.05) is 12.1 Å². The van der Waals surface area contributed by atoms with E-state index in [1.165, 1.54) is 25.7 Å². The van der Waals surface area contributed by atoms with Crippen LogP contribution < -0.4 is 4.74 Å². The minimum absolute atomic E-state index is 0.497. The van der Waals surface area contributed by atoms with E-state index in [1.54, 1.807) is 7.11 Å². The first-order valence-electron chi connectivity index (χ1n) is 8.92. The van der Waals surface area contributed by atoms with Crippen molar-refractivity contribution >= 4 is 0 Å². The van der Waals surface area contributed by atoms with E-state index in [9.17, 15) is 0 Å². The van der Waals surface area contributed by atoms with Crippen LogP contribution in [0.2, 0.25) is 0 Å². The fraction of sp³-hybridized carbons (Fsp3) is 0.579. The Morgan fingerprint density at radius 1 is 1.17 bits per heavy atom. The molecular formula is C19H28N4O. The van der Waals surface area contributed by atoms with Gasteiger partial charge in [-0.3, -0.25) is 0 Å². The largest absolute Gasteiger partial charge is 0.497 e. The van der Waals surface area contributed by atoms with Crippen LogP contribution in [-0.4, -0.2) is 47.4 Å². The number of ether oxygens (including phenoxy) is 1. The molecule has 1 aliphatic carbocycles. The molecule has 0 spiro atoms. The van der Waals surface area contributed by atoms with Crippen LogP contribution in [0.15, 0.2) is 24.3 Å². The molecule has 1 saturated carbocycles. The number of hydrogen-bond donors (Lipinski definition) is 0. The highest BCUT2D eigenvalue weighted by Gasteiger charge is 2.23. The third kappa shape index (κ3) is 3.96. The Morgan fingerprint density at radius 2 is 1.88 bits per heavy atom. The molecule has 0 aliphatic heterocycles. The lowest BCUT2D eigenvalue weighted by Crippen LogP contribution is -2.14. The van der Waals surface area contributed by atoms with Gasteiger partial charge in [0, 0.05) is 12.0 Å². The maximum atomic E-state index is 5.27. The van der Waals surface area contributed by atoms with Crippen LogP contribution >= 0.6 is 0 Å². The molecular weight excluding hydrogens is 300 g/mol. The zero-order valence-corrected chi connectivity index (χ0v) is 15.0. The molecule has 2 aromatic rings. The van der Waals surface area contributed by atoms with Gasteiger partial charge in [-0.05, 0) is 64.2 Å². The molecule has 24 heavy (non-hydrogen) atoms. The van der Waals surface area contributed by atoms with E-state index in [2.05, 4.69) is 35.8 Å². The number of nitrogens with zero attached hydrogens (tertiary/aromatic N) is 4. The second kappa shape index (κ2) is 7.79. The lowest BCUT2D eigenvalue weighted by atomic mass is 10.2. The molecule has 1 heterocycles. The van der Waals surface area contributed by atoms with Crippen molar-refractivity contribution < 1.29 is 4.74 Å². The average molecular weight is 328 g/mol. The molecule has 0 unspecified atom stereocenters. The molecule has 1 aromatic carbocycles. The van der Waals surface area contributed by atoms with E-state index in [0.29, 0.717) is 6.04 Å². The van der Waals surface area contributed by atoms with E-state index in [-0.39, 0.29) is 0 Å². The van der Waals surface area contributed by atoms with Crippen LogP contribution in [0.3, 0.4) is 0 Å². The number of rotatable bonds is 7. The third-order valence-corrected chi connectivity index (χ3v) is 4.70. The van der Waals surface area contributed by atoms with E-state index in [4.69, 9.17) is 14.8 Å². The normalized spacial score (nSPS) is 15.3. The second-order valence-electron chi connectivity index (χ2n) is 6.87. The van der Waals surface area contributed by atoms with Crippen molar-refractivity contribution in [1.82, 2.24) is 19.7 Å². The number of aryl methyl sites for hydroxylation is 1. The lowest BCUT2D eigenvalue weighted by Gasteiger charge is -2.13. The van der Waals surface area contributed by atoms with Gasteiger partial charge < -0.3 is 9.64 Å². The molecule has 130 valence electrons. The van der Waals surface area contributed by atoms with Gasteiger partial charge >= 0.3 is 0 Å². The Bertz CT molecular complexity index is 642. The van der Waals surface area contributed by atoms with E-state index >= 15 is 0 Å². The summed E-state index contributed by atoms with van der Waals surface area (Å²) in [5, 5.41) is 4.86. The number of methoxy groups -OCH3 is 1. The summed E-state index contributed by atoms with van der Waals surface area (Å²) in [7, 11) is 5.90. The second-order valence-corrected chi connectivity index (χ2v) is 6.87. The highest BCUT2D eigenvalue weighted by Crippen LogP contribution is 2.33. The average Bonchev–Trinajstić information content (AvgIpc) is 3.24. The monoisotopic (exact) mass is 328 g/mol. The Morgan fingerprint density at radius 3 is 2.50 bits per heavy atom. The summed E-state index contributed by atoms with van der Waals surface area (Å²) in [6.07, 6.45) is 7.03. The van der Waals surface area contributed by atoms with Crippen molar-refractivity contribution in [2.24, 2.45) is 0 Å². The summed E-state index contributed by atoms with van der Waals surface area (Å²) in [5.41, 5.74) is 1.12. The molecule has 5 heteroatoms. The predicted octanol–water partition coefficient (Wildman–Crippen LogP) is 3.56. The molecule has 5 nitrogen and oxygen atoms in total. The fourth-order valence-corrected chi connectivity index (χ4v) is 3.37. The number of benzene rings is 1. The number of aromatic nitrogens is 3. The molecule has 0 N–H and O–H groups in total. The standard InChI is InChI=1S/C19H28N4O/c1-22(2)14-6-9-18-20-19(15-10-12-17(24-3)13-11-15)23(21-18)16-7-4-5-8-16/h10-13,16H,4-9,14H2,1-3H3. The van der Waals surface area contributed by atoms with Crippen LogP contribution in [0.5, 0.6) is 5.75 Å². The molecule has 0 amide bonds. The molecule has 3 rings (SSSR count). The van der Waals surface area contributed by atoms with Gasteiger partial charge in [0.1, 0.15) is 5.75 Å². The smallest absolute Gasteiger partial charge is 0.158 e. The van der Waals surface area contributed by atoms with Crippen molar-refractivity contribution in [2.45, 2.75) is 44.6 Å². The number of hydrogen-bond acceptors (Lipinski definition) is 4. The molecule has 0 saturated heterocycles. The topological polar surface area (TPSA) is 43.2 Å². The van der Waals surface area contributed by atoms with Gasteiger partial charge in [0.25, 0.3) is 0 Å². The van der Waals surface area contributed by atoms with E-state index in [0.717, 1.165) is 42.3 Å². The molecule has 0 atom stereocenters. The first-order valence-corrected chi connectivity index (χ1v) is 8.92. The van der Waals surface area contributed by atoms with Gasteiger partial charge in [-0.1, -0.05) is 12.8 Å². The zero-order chi connectivity index (χ0) is 16.9.